The van der Waals surface area contributed by atoms with Crippen molar-refractivity contribution in [3.63, 3.8) is 0 Å². The van der Waals surface area contributed by atoms with Crippen LogP contribution in [-0.4, -0.2) is 110 Å². The molecule has 2 aromatic carbocycles. The first-order chi connectivity index (χ1) is 12.4. The molecule has 0 aromatic heterocycles. The fourth-order valence-corrected chi connectivity index (χ4v) is 1.94. The molecule has 152 valence electrons. The van der Waals surface area contributed by atoms with Crippen molar-refractivity contribution in [1.82, 2.24) is 5.32 Å². The Morgan fingerprint density at radius 3 is 1.93 bits per heavy atom. The zero-order valence-electron chi connectivity index (χ0n) is 16.4. The third kappa shape index (κ3) is 10.3. The number of aromatic carboxylic acids is 1. The van der Waals surface area contributed by atoms with Gasteiger partial charge in [0, 0.05) is 71.2 Å². The third-order valence-electron chi connectivity index (χ3n) is 3.25. The summed E-state index contributed by atoms with van der Waals surface area (Å²) >= 11 is 0. The van der Waals surface area contributed by atoms with Gasteiger partial charge in [-0.2, -0.15) is 10.2 Å². The van der Waals surface area contributed by atoms with Crippen molar-refractivity contribution in [3.8, 4) is 5.75 Å². The molecule has 0 atom stereocenters. The van der Waals surface area contributed by atoms with Gasteiger partial charge in [0.1, 0.15) is 11.3 Å². The van der Waals surface area contributed by atoms with Crippen LogP contribution in [0.5, 0.6) is 5.75 Å². The number of azo groups is 1. The Kier molecular flexibility index (Phi) is 17.4. The molecule has 0 bridgehead atoms. The van der Waals surface area contributed by atoms with Crippen molar-refractivity contribution in [2.24, 2.45) is 10.2 Å². The molecule has 30 heavy (non-hydrogen) atoms. The van der Waals surface area contributed by atoms with E-state index in [1.807, 2.05) is 0 Å². The minimum atomic E-state index is -1.28. The van der Waals surface area contributed by atoms with Crippen LogP contribution in [0.4, 0.5) is 11.4 Å². The van der Waals surface area contributed by atoms with E-state index in [0.717, 1.165) is 0 Å². The fourth-order valence-electron chi connectivity index (χ4n) is 1.94. The Balaban J connectivity index is -0.00000182. The topological polar surface area (TPSA) is 212 Å². The van der Waals surface area contributed by atoms with Gasteiger partial charge in [-0.15, -0.1) is 0 Å². The van der Waals surface area contributed by atoms with E-state index in [2.05, 4.69) is 15.5 Å². The van der Waals surface area contributed by atoms with Gasteiger partial charge < -0.3 is 31.6 Å². The number of aromatic hydroxyl groups is 1. The molecule has 2 aromatic rings. The third-order valence-corrected chi connectivity index (χ3v) is 3.25. The number of hydrogen-bond acceptors (Lipinski definition) is 6. The predicted octanol–water partition coefficient (Wildman–Crippen LogP) is 0.299. The molecule has 0 spiro atoms. The molecule has 0 fully saturated rings. The summed E-state index contributed by atoms with van der Waals surface area (Å²) < 4.78 is 0. The van der Waals surface area contributed by atoms with Gasteiger partial charge in [-0.3, -0.25) is 9.59 Å². The van der Waals surface area contributed by atoms with Crippen LogP contribution in [0.3, 0.4) is 0 Å². The summed E-state index contributed by atoms with van der Waals surface area (Å²) in [4.78, 5) is 33.2. The Morgan fingerprint density at radius 2 is 1.40 bits per heavy atom. The van der Waals surface area contributed by atoms with Crippen molar-refractivity contribution in [2.75, 3.05) is 6.54 Å². The summed E-state index contributed by atoms with van der Waals surface area (Å²) in [6, 6.07) is 9.89. The van der Waals surface area contributed by atoms with Crippen molar-refractivity contribution in [3.05, 3.63) is 53.6 Å². The number of amides is 1. The molecule has 1 amide bonds. The van der Waals surface area contributed by atoms with E-state index in [4.69, 9.17) is 10.2 Å². The van der Waals surface area contributed by atoms with Gasteiger partial charge in [0.05, 0.1) is 17.8 Å². The van der Waals surface area contributed by atoms with Gasteiger partial charge in [-0.1, -0.05) is 0 Å². The number of phenols is 1. The number of nitrogens with one attached hydrogen (secondary N) is 1. The Morgan fingerprint density at radius 1 is 0.867 bits per heavy atom. The summed E-state index contributed by atoms with van der Waals surface area (Å²) in [7, 11) is 0. The van der Waals surface area contributed by atoms with Crippen molar-refractivity contribution in [1.29, 1.82) is 0 Å². The average molecular weight is 439 g/mol. The summed E-state index contributed by atoms with van der Waals surface area (Å²) in [6.07, 6.45) is -0.164. The van der Waals surface area contributed by atoms with E-state index in [-0.39, 0.29) is 100 Å². The maximum absolute atomic E-state index is 11.8. The molecule has 0 heterocycles. The SMILES string of the molecule is O.O.O=C(O)CCNC(=O)c1ccc(N=Nc2ccc(O)c(C(=O)O)c2)cc1.[Na].[Na]. The Hall–Kier alpha value is -1.83. The summed E-state index contributed by atoms with van der Waals surface area (Å²) in [5.74, 6) is -3.05. The molecular formula is C17H19N3Na2O8. The molecule has 0 aliphatic heterocycles. The normalized spacial score (nSPS) is 9.20. The molecule has 0 aliphatic rings. The summed E-state index contributed by atoms with van der Waals surface area (Å²) in [6.45, 7) is 0.0301. The largest absolute Gasteiger partial charge is 0.507 e. The number of carbonyl (C=O) groups is 3. The van der Waals surface area contributed by atoms with Crippen LogP contribution in [0.1, 0.15) is 27.1 Å². The van der Waals surface area contributed by atoms with E-state index in [0.29, 0.717) is 11.3 Å². The van der Waals surface area contributed by atoms with Crippen LogP contribution in [0.15, 0.2) is 52.7 Å². The van der Waals surface area contributed by atoms with E-state index in [9.17, 15) is 19.5 Å². The zero-order valence-corrected chi connectivity index (χ0v) is 20.4. The monoisotopic (exact) mass is 439 g/mol. The average Bonchev–Trinajstić information content (AvgIpc) is 2.60. The molecular weight excluding hydrogens is 420 g/mol. The van der Waals surface area contributed by atoms with Gasteiger partial charge in [0.2, 0.25) is 0 Å². The van der Waals surface area contributed by atoms with Gasteiger partial charge in [0.25, 0.3) is 5.91 Å². The molecule has 0 saturated carbocycles. The number of nitrogens with zero attached hydrogens (tertiary/aromatic N) is 2. The van der Waals surface area contributed by atoms with Crippen LogP contribution in [0.2, 0.25) is 0 Å². The predicted molar refractivity (Wildman–Crippen MR) is 109 cm³/mol. The molecule has 8 N–H and O–H groups in total. The number of carbonyl (C=O) groups excluding carboxylic acids is 1. The first kappa shape index (κ1) is 32.8. The van der Waals surface area contributed by atoms with E-state index in [1.165, 1.54) is 42.5 Å². The molecule has 13 heteroatoms. The first-order valence-corrected chi connectivity index (χ1v) is 7.45. The maximum atomic E-state index is 11.8. The fraction of sp³-hybridized carbons (Fsp3) is 0.118. The number of carboxylic acid groups (broad SMARTS) is 2. The van der Waals surface area contributed by atoms with Crippen LogP contribution >= 0.6 is 0 Å². The van der Waals surface area contributed by atoms with Crippen LogP contribution in [0.25, 0.3) is 0 Å². The standard InChI is InChI=1S/C17H15N3O6.2Na.2H2O/c21-14-6-5-12(9-13(14)17(25)26)20-19-11-3-1-10(2-4-11)16(24)18-8-7-15(22)23;;;;/h1-6,9,21H,7-8H2,(H,18,24)(H,22,23)(H,25,26);;;2*1H2. The van der Waals surface area contributed by atoms with Crippen molar-refractivity contribution in [2.45, 2.75) is 6.42 Å². The van der Waals surface area contributed by atoms with Crippen molar-refractivity contribution < 1.29 is 40.7 Å². The molecule has 11 nitrogen and oxygen atoms in total. The van der Waals surface area contributed by atoms with E-state index < -0.39 is 17.8 Å². The Labute approximate surface area is 215 Å². The summed E-state index contributed by atoms with van der Waals surface area (Å²) in [5, 5.41) is 37.2. The zero-order chi connectivity index (χ0) is 19.1. The molecule has 0 unspecified atom stereocenters. The quantitative estimate of drug-likeness (QED) is 0.351. The van der Waals surface area contributed by atoms with Crippen LogP contribution < -0.4 is 5.32 Å². The van der Waals surface area contributed by atoms with Gasteiger partial charge in [-0.05, 0) is 42.5 Å². The number of rotatable bonds is 7. The number of carboxylic acids is 2. The Bertz CT molecular complexity index is 876. The number of hydrogen-bond donors (Lipinski definition) is 4. The van der Waals surface area contributed by atoms with E-state index in [1.54, 1.807) is 0 Å². The van der Waals surface area contributed by atoms with Gasteiger partial charge in [0.15, 0.2) is 0 Å². The van der Waals surface area contributed by atoms with Crippen LogP contribution in [-0.2, 0) is 4.79 Å². The molecule has 2 rings (SSSR count). The second kappa shape index (κ2) is 15.9. The van der Waals surface area contributed by atoms with E-state index >= 15 is 0 Å². The minimum Gasteiger partial charge on any atom is -0.507 e. The molecule has 0 saturated heterocycles. The second-order valence-corrected chi connectivity index (χ2v) is 5.15. The van der Waals surface area contributed by atoms with Crippen LogP contribution in [0, 0.1) is 0 Å². The first-order valence-electron chi connectivity index (χ1n) is 7.45. The maximum Gasteiger partial charge on any atom is 0.339 e. The smallest absolute Gasteiger partial charge is 0.339 e. The minimum absolute atomic E-state index is 0. The number of aliphatic carboxylic acids is 1. The molecule has 2 radical (unpaired) electrons. The van der Waals surface area contributed by atoms with Gasteiger partial charge in [-0.25, -0.2) is 4.79 Å². The number of benzene rings is 2. The van der Waals surface area contributed by atoms with Gasteiger partial charge >= 0.3 is 11.9 Å². The van der Waals surface area contributed by atoms with Crippen molar-refractivity contribution >= 4 is 88.3 Å². The summed E-state index contributed by atoms with van der Waals surface area (Å²) in [5.41, 5.74) is 0.731. The second-order valence-electron chi connectivity index (χ2n) is 5.15. The molecule has 0 aliphatic carbocycles.